The Morgan fingerprint density at radius 2 is 2.21 bits per heavy atom. The quantitative estimate of drug-likeness (QED) is 0.765. The molecule has 1 atom stereocenters. The van der Waals surface area contributed by atoms with E-state index in [-0.39, 0.29) is 12.3 Å². The maximum absolute atomic E-state index is 11.8. The van der Waals surface area contributed by atoms with Crippen molar-refractivity contribution in [3.05, 3.63) is 16.1 Å². The van der Waals surface area contributed by atoms with Crippen molar-refractivity contribution >= 4 is 23.2 Å². The molecular formula is C13H20N2O3S. The van der Waals surface area contributed by atoms with Gasteiger partial charge < -0.3 is 10.4 Å². The summed E-state index contributed by atoms with van der Waals surface area (Å²) in [5.41, 5.74) is 0.966. The molecule has 0 spiro atoms. The van der Waals surface area contributed by atoms with Gasteiger partial charge in [0.05, 0.1) is 12.1 Å². The van der Waals surface area contributed by atoms with Crippen molar-refractivity contribution < 1.29 is 14.7 Å². The summed E-state index contributed by atoms with van der Waals surface area (Å²) in [4.78, 5) is 27.1. The Hall–Kier alpha value is -1.43. The number of unbranched alkanes of at least 4 members (excludes halogenated alkanes) is 1. The third kappa shape index (κ3) is 5.38. The number of hydrogen-bond donors (Lipinski definition) is 2. The normalized spacial score (nSPS) is 12.1. The highest BCUT2D eigenvalue weighted by atomic mass is 32.1. The maximum Gasteiger partial charge on any atom is 0.326 e. The summed E-state index contributed by atoms with van der Waals surface area (Å²) in [6.07, 6.45) is 3.16. The van der Waals surface area contributed by atoms with E-state index in [0.29, 0.717) is 6.42 Å². The van der Waals surface area contributed by atoms with Crippen LogP contribution < -0.4 is 5.32 Å². The minimum Gasteiger partial charge on any atom is -0.480 e. The number of carboxylic acids is 1. The molecule has 5 nitrogen and oxygen atoms in total. The van der Waals surface area contributed by atoms with Gasteiger partial charge in [-0.15, -0.1) is 11.3 Å². The molecule has 1 aromatic heterocycles. The number of nitrogens with zero attached hydrogens (tertiary/aromatic N) is 1. The zero-order valence-electron chi connectivity index (χ0n) is 11.3. The van der Waals surface area contributed by atoms with E-state index in [1.165, 1.54) is 11.3 Å². The van der Waals surface area contributed by atoms with Gasteiger partial charge in [-0.25, -0.2) is 9.78 Å². The van der Waals surface area contributed by atoms with Crippen LogP contribution in [0.3, 0.4) is 0 Å². The minimum absolute atomic E-state index is 0.153. The Kier molecular flexibility index (Phi) is 6.49. The van der Waals surface area contributed by atoms with Crippen molar-refractivity contribution in [2.45, 2.75) is 52.0 Å². The molecule has 1 rings (SSSR count). The van der Waals surface area contributed by atoms with E-state index in [9.17, 15) is 9.59 Å². The van der Waals surface area contributed by atoms with Gasteiger partial charge in [0.25, 0.3) is 0 Å². The molecule has 0 saturated carbocycles. The number of hydrogen-bond acceptors (Lipinski definition) is 4. The fraction of sp³-hybridized carbons (Fsp3) is 0.615. The monoisotopic (exact) mass is 284 g/mol. The number of amides is 1. The Morgan fingerprint density at radius 1 is 1.47 bits per heavy atom. The van der Waals surface area contributed by atoms with Crippen LogP contribution in [0.4, 0.5) is 0 Å². The molecule has 0 aliphatic heterocycles. The number of aryl methyl sites for hydroxylation is 1. The van der Waals surface area contributed by atoms with Crippen LogP contribution in [-0.2, 0) is 22.4 Å². The van der Waals surface area contributed by atoms with E-state index < -0.39 is 12.0 Å². The van der Waals surface area contributed by atoms with Gasteiger partial charge in [0.1, 0.15) is 11.0 Å². The summed E-state index contributed by atoms with van der Waals surface area (Å²) in [5, 5.41) is 14.2. The molecule has 0 aliphatic rings. The molecule has 106 valence electrons. The number of aromatic nitrogens is 1. The van der Waals surface area contributed by atoms with Crippen LogP contribution in [0.15, 0.2) is 5.38 Å². The van der Waals surface area contributed by atoms with Crippen LogP contribution in [0.2, 0.25) is 0 Å². The Morgan fingerprint density at radius 3 is 2.74 bits per heavy atom. The summed E-state index contributed by atoms with van der Waals surface area (Å²) in [7, 11) is 0. The molecule has 6 heteroatoms. The van der Waals surface area contributed by atoms with Crippen molar-refractivity contribution in [2.24, 2.45) is 0 Å². The maximum atomic E-state index is 11.8. The van der Waals surface area contributed by atoms with Crippen LogP contribution >= 0.6 is 11.3 Å². The number of carbonyl (C=O) groups is 2. The second kappa shape index (κ2) is 7.89. The van der Waals surface area contributed by atoms with Crippen molar-refractivity contribution in [1.82, 2.24) is 10.3 Å². The van der Waals surface area contributed by atoms with Crippen LogP contribution in [-0.4, -0.2) is 28.0 Å². The Bertz CT molecular complexity index is 431. The van der Waals surface area contributed by atoms with Crippen LogP contribution in [0, 0.1) is 0 Å². The van der Waals surface area contributed by atoms with Gasteiger partial charge in [0, 0.05) is 5.38 Å². The van der Waals surface area contributed by atoms with E-state index in [0.717, 1.165) is 30.0 Å². The summed E-state index contributed by atoms with van der Waals surface area (Å²) >= 11 is 1.44. The van der Waals surface area contributed by atoms with Crippen LogP contribution in [0.1, 0.15) is 43.8 Å². The lowest BCUT2D eigenvalue weighted by Crippen LogP contribution is -2.41. The molecule has 0 bridgehead atoms. The highest BCUT2D eigenvalue weighted by molar-refractivity contribution is 7.09. The number of thiazole rings is 1. The third-order valence-electron chi connectivity index (χ3n) is 2.75. The Balaban J connectivity index is 2.49. The van der Waals surface area contributed by atoms with E-state index in [1.807, 2.05) is 19.2 Å². The van der Waals surface area contributed by atoms with Crippen molar-refractivity contribution in [3.8, 4) is 0 Å². The van der Waals surface area contributed by atoms with E-state index in [2.05, 4.69) is 10.3 Å². The average Bonchev–Trinajstić information content (AvgIpc) is 2.81. The second-order valence-corrected chi connectivity index (χ2v) is 5.31. The second-order valence-electron chi connectivity index (χ2n) is 4.36. The lowest BCUT2D eigenvalue weighted by Gasteiger charge is -2.13. The van der Waals surface area contributed by atoms with Gasteiger partial charge >= 0.3 is 5.97 Å². The van der Waals surface area contributed by atoms with Gasteiger partial charge in [-0.05, 0) is 12.8 Å². The molecule has 0 aliphatic carbocycles. The van der Waals surface area contributed by atoms with Gasteiger partial charge in [-0.3, -0.25) is 4.79 Å². The lowest BCUT2D eigenvalue weighted by molar-refractivity contribution is -0.142. The minimum atomic E-state index is -0.977. The molecule has 0 aromatic carbocycles. The Labute approximate surface area is 117 Å². The lowest BCUT2D eigenvalue weighted by atomic mass is 10.1. The van der Waals surface area contributed by atoms with Gasteiger partial charge in [-0.2, -0.15) is 0 Å². The molecule has 1 aromatic rings. The SMILES string of the molecule is CCCCC(NC(=O)Cc1nc(CC)cs1)C(=O)O. The van der Waals surface area contributed by atoms with Gasteiger partial charge in [0.15, 0.2) is 0 Å². The first-order valence-electron chi connectivity index (χ1n) is 6.52. The molecular weight excluding hydrogens is 264 g/mol. The number of carboxylic acid groups (broad SMARTS) is 1. The van der Waals surface area contributed by atoms with E-state index >= 15 is 0 Å². The van der Waals surface area contributed by atoms with Crippen molar-refractivity contribution in [2.75, 3.05) is 0 Å². The first kappa shape index (κ1) is 15.6. The standard InChI is InChI=1S/C13H20N2O3S/c1-3-5-6-10(13(17)18)15-11(16)7-12-14-9(4-2)8-19-12/h8,10H,3-7H2,1-2H3,(H,15,16)(H,17,18). The highest BCUT2D eigenvalue weighted by Gasteiger charge is 2.19. The third-order valence-corrected chi connectivity index (χ3v) is 3.65. The predicted octanol–water partition coefficient (Wildman–Crippen LogP) is 2.01. The summed E-state index contributed by atoms with van der Waals surface area (Å²) in [6, 6.07) is -0.793. The molecule has 0 fully saturated rings. The van der Waals surface area contributed by atoms with Crippen molar-refractivity contribution in [3.63, 3.8) is 0 Å². The molecule has 0 radical (unpaired) electrons. The summed E-state index contributed by atoms with van der Waals surface area (Å²) in [5.74, 6) is -1.25. The average molecular weight is 284 g/mol. The fourth-order valence-corrected chi connectivity index (χ4v) is 2.52. The summed E-state index contributed by atoms with van der Waals surface area (Å²) in [6.45, 7) is 3.99. The van der Waals surface area contributed by atoms with Crippen molar-refractivity contribution in [1.29, 1.82) is 0 Å². The number of carbonyl (C=O) groups excluding carboxylic acids is 1. The predicted molar refractivity (Wildman–Crippen MR) is 74.3 cm³/mol. The first-order valence-corrected chi connectivity index (χ1v) is 7.40. The number of rotatable bonds is 8. The molecule has 1 unspecified atom stereocenters. The summed E-state index contributed by atoms with van der Waals surface area (Å²) < 4.78 is 0. The van der Waals surface area contributed by atoms with Crippen LogP contribution in [0.5, 0.6) is 0 Å². The fourth-order valence-electron chi connectivity index (χ4n) is 1.64. The molecule has 2 N–H and O–H groups in total. The van der Waals surface area contributed by atoms with E-state index in [4.69, 9.17) is 5.11 Å². The highest BCUT2D eigenvalue weighted by Crippen LogP contribution is 2.11. The molecule has 0 saturated heterocycles. The zero-order chi connectivity index (χ0) is 14.3. The van der Waals surface area contributed by atoms with E-state index in [1.54, 1.807) is 0 Å². The molecule has 1 heterocycles. The van der Waals surface area contributed by atoms with Crippen LogP contribution in [0.25, 0.3) is 0 Å². The molecule has 1 amide bonds. The smallest absolute Gasteiger partial charge is 0.326 e. The number of aliphatic carboxylic acids is 1. The topological polar surface area (TPSA) is 79.3 Å². The molecule has 19 heavy (non-hydrogen) atoms. The van der Waals surface area contributed by atoms with Gasteiger partial charge in [-0.1, -0.05) is 26.7 Å². The largest absolute Gasteiger partial charge is 0.480 e. The van der Waals surface area contributed by atoms with Gasteiger partial charge in [0.2, 0.25) is 5.91 Å². The first-order chi connectivity index (χ1) is 9.06. The zero-order valence-corrected chi connectivity index (χ0v) is 12.1. The number of nitrogens with one attached hydrogen (secondary N) is 1.